The van der Waals surface area contributed by atoms with Crippen molar-refractivity contribution in [3.05, 3.63) is 42.0 Å². The topological polar surface area (TPSA) is 58.0 Å². The molecule has 0 aromatic carbocycles. The van der Waals surface area contributed by atoms with Gasteiger partial charge in [-0.25, -0.2) is 4.98 Å². The molecule has 5 heteroatoms. The molecule has 0 bridgehead atoms. The summed E-state index contributed by atoms with van der Waals surface area (Å²) in [6.07, 6.45) is 3.86. The average Bonchev–Trinajstić information content (AvgIpc) is 2.88. The number of hydrogen-bond acceptors (Lipinski definition) is 3. The molecule has 0 aliphatic heterocycles. The Morgan fingerprint density at radius 1 is 1.35 bits per heavy atom. The number of H-pyrrole nitrogens is 1. The van der Waals surface area contributed by atoms with E-state index < -0.39 is 0 Å². The van der Waals surface area contributed by atoms with Crippen LogP contribution >= 0.6 is 0 Å². The fourth-order valence-electron chi connectivity index (χ4n) is 1.85. The number of pyridine rings is 1. The maximum atomic E-state index is 4.38. The third kappa shape index (κ3) is 1.65. The van der Waals surface area contributed by atoms with Crippen molar-refractivity contribution >= 4 is 17.2 Å². The zero-order valence-corrected chi connectivity index (χ0v) is 9.73. The molecule has 3 heterocycles. The van der Waals surface area contributed by atoms with Crippen LogP contribution in [0.15, 0.2) is 30.6 Å². The van der Waals surface area contributed by atoms with Gasteiger partial charge in [0.15, 0.2) is 11.5 Å². The van der Waals surface area contributed by atoms with E-state index in [9.17, 15) is 0 Å². The molecule has 0 atom stereocenters. The molecule has 17 heavy (non-hydrogen) atoms. The van der Waals surface area contributed by atoms with E-state index in [4.69, 9.17) is 0 Å². The van der Waals surface area contributed by atoms with Crippen LogP contribution in [0.4, 0.5) is 11.5 Å². The Hall–Kier alpha value is -2.30. The Labute approximate surface area is 98.5 Å². The highest BCUT2D eigenvalue weighted by atomic mass is 15.2. The number of hydrogen-bond donors (Lipinski definition) is 2. The Morgan fingerprint density at radius 3 is 3.00 bits per heavy atom. The van der Waals surface area contributed by atoms with E-state index >= 15 is 0 Å². The second-order valence-electron chi connectivity index (χ2n) is 4.08. The number of anilines is 2. The first-order chi connectivity index (χ1) is 8.24. The molecule has 0 saturated heterocycles. The number of aromatic amines is 1. The van der Waals surface area contributed by atoms with Gasteiger partial charge in [-0.05, 0) is 26.0 Å². The molecule has 0 aliphatic carbocycles. The lowest BCUT2D eigenvalue weighted by molar-refractivity contribution is 1.05. The largest absolute Gasteiger partial charge is 0.336 e. The van der Waals surface area contributed by atoms with Crippen molar-refractivity contribution in [1.82, 2.24) is 19.6 Å². The third-order valence-corrected chi connectivity index (χ3v) is 2.69. The molecule has 0 fully saturated rings. The maximum Gasteiger partial charge on any atom is 0.160 e. The summed E-state index contributed by atoms with van der Waals surface area (Å²) in [4.78, 5) is 4.38. The van der Waals surface area contributed by atoms with Gasteiger partial charge in [-0.2, -0.15) is 5.10 Å². The first kappa shape index (κ1) is 9.89. The zero-order valence-electron chi connectivity index (χ0n) is 9.73. The maximum absolute atomic E-state index is 4.38. The predicted octanol–water partition coefficient (Wildman–Crippen LogP) is 2.42. The van der Waals surface area contributed by atoms with Gasteiger partial charge in [-0.3, -0.25) is 5.10 Å². The number of aromatic nitrogens is 4. The Kier molecular flexibility index (Phi) is 2.11. The number of aryl methyl sites for hydroxylation is 2. The van der Waals surface area contributed by atoms with Gasteiger partial charge >= 0.3 is 0 Å². The number of fused-ring (bicyclic) bond motifs is 1. The standard InChI is InChI=1S/C12H13N5/c1-8-6-11(16-15-8)14-10-4-3-5-17-9(2)7-13-12(10)17/h3-7H,1-2H3,(H2,14,15,16). The van der Waals surface area contributed by atoms with E-state index in [1.54, 1.807) is 0 Å². The van der Waals surface area contributed by atoms with Gasteiger partial charge in [0.25, 0.3) is 0 Å². The fraction of sp³-hybridized carbons (Fsp3) is 0.167. The molecule has 5 nitrogen and oxygen atoms in total. The average molecular weight is 227 g/mol. The van der Waals surface area contributed by atoms with Crippen LogP contribution in [-0.2, 0) is 0 Å². The zero-order chi connectivity index (χ0) is 11.8. The van der Waals surface area contributed by atoms with Crippen molar-refractivity contribution in [2.45, 2.75) is 13.8 Å². The first-order valence-electron chi connectivity index (χ1n) is 5.46. The van der Waals surface area contributed by atoms with Crippen LogP contribution in [0.2, 0.25) is 0 Å². The van der Waals surface area contributed by atoms with Gasteiger partial charge in [0.2, 0.25) is 0 Å². The molecular formula is C12H13N5. The number of nitrogens with one attached hydrogen (secondary N) is 2. The summed E-state index contributed by atoms with van der Waals surface area (Å²) in [6, 6.07) is 5.94. The molecule has 3 aromatic rings. The molecule has 0 unspecified atom stereocenters. The van der Waals surface area contributed by atoms with Crippen molar-refractivity contribution in [1.29, 1.82) is 0 Å². The lowest BCUT2D eigenvalue weighted by Gasteiger charge is -2.04. The van der Waals surface area contributed by atoms with E-state index in [1.165, 1.54) is 0 Å². The molecule has 0 aliphatic rings. The van der Waals surface area contributed by atoms with Crippen molar-refractivity contribution in [3.8, 4) is 0 Å². The SMILES string of the molecule is Cc1cc(Nc2cccn3c(C)cnc23)n[nH]1. The summed E-state index contributed by atoms with van der Waals surface area (Å²) >= 11 is 0. The van der Waals surface area contributed by atoms with Crippen molar-refractivity contribution < 1.29 is 0 Å². The number of imidazole rings is 1. The van der Waals surface area contributed by atoms with E-state index in [0.717, 1.165) is 28.5 Å². The van der Waals surface area contributed by atoms with Crippen molar-refractivity contribution in [2.24, 2.45) is 0 Å². The van der Waals surface area contributed by atoms with Gasteiger partial charge in [-0.15, -0.1) is 0 Å². The lowest BCUT2D eigenvalue weighted by Crippen LogP contribution is -1.95. The van der Waals surface area contributed by atoms with Gasteiger partial charge in [-0.1, -0.05) is 0 Å². The highest BCUT2D eigenvalue weighted by Gasteiger charge is 2.06. The summed E-state index contributed by atoms with van der Waals surface area (Å²) in [5.41, 5.74) is 4.00. The monoisotopic (exact) mass is 227 g/mol. The quantitative estimate of drug-likeness (QED) is 0.706. The third-order valence-electron chi connectivity index (χ3n) is 2.69. The highest BCUT2D eigenvalue weighted by Crippen LogP contribution is 2.20. The molecule has 86 valence electrons. The van der Waals surface area contributed by atoms with E-state index in [2.05, 4.69) is 20.5 Å². The van der Waals surface area contributed by atoms with Crippen LogP contribution in [0.3, 0.4) is 0 Å². The van der Waals surface area contributed by atoms with Crippen LogP contribution in [0.5, 0.6) is 0 Å². The predicted molar refractivity (Wildman–Crippen MR) is 66.5 cm³/mol. The molecule has 0 amide bonds. The molecule has 2 N–H and O–H groups in total. The summed E-state index contributed by atoms with van der Waals surface area (Å²) in [5, 5.41) is 10.3. The summed E-state index contributed by atoms with van der Waals surface area (Å²) < 4.78 is 2.04. The van der Waals surface area contributed by atoms with Crippen LogP contribution < -0.4 is 5.32 Å². The van der Waals surface area contributed by atoms with E-state index in [0.29, 0.717) is 0 Å². The van der Waals surface area contributed by atoms with Crippen LogP contribution in [0.1, 0.15) is 11.4 Å². The van der Waals surface area contributed by atoms with Crippen molar-refractivity contribution in [2.75, 3.05) is 5.32 Å². The second-order valence-corrected chi connectivity index (χ2v) is 4.08. The van der Waals surface area contributed by atoms with E-state index in [-0.39, 0.29) is 0 Å². The first-order valence-corrected chi connectivity index (χ1v) is 5.46. The van der Waals surface area contributed by atoms with Gasteiger partial charge in [0.05, 0.1) is 5.69 Å². The van der Waals surface area contributed by atoms with Gasteiger partial charge in [0, 0.05) is 29.8 Å². The molecule has 3 aromatic heterocycles. The number of nitrogens with zero attached hydrogens (tertiary/aromatic N) is 3. The van der Waals surface area contributed by atoms with Crippen LogP contribution in [-0.4, -0.2) is 19.6 Å². The molecule has 0 radical (unpaired) electrons. The fourth-order valence-corrected chi connectivity index (χ4v) is 1.85. The summed E-state index contributed by atoms with van der Waals surface area (Å²) in [6.45, 7) is 4.00. The molecule has 3 rings (SSSR count). The minimum atomic E-state index is 0.802. The molecule has 0 saturated carbocycles. The van der Waals surface area contributed by atoms with E-state index in [1.807, 2.05) is 48.8 Å². The van der Waals surface area contributed by atoms with Gasteiger partial charge in [0.1, 0.15) is 0 Å². The van der Waals surface area contributed by atoms with Gasteiger partial charge < -0.3 is 9.72 Å². The molecular weight excluding hydrogens is 214 g/mol. The minimum Gasteiger partial charge on any atom is -0.336 e. The van der Waals surface area contributed by atoms with Crippen LogP contribution in [0, 0.1) is 13.8 Å². The number of rotatable bonds is 2. The van der Waals surface area contributed by atoms with Crippen LogP contribution in [0.25, 0.3) is 5.65 Å². The molecule has 0 spiro atoms. The van der Waals surface area contributed by atoms with Crippen molar-refractivity contribution in [3.63, 3.8) is 0 Å². The summed E-state index contributed by atoms with van der Waals surface area (Å²) in [7, 11) is 0. The Morgan fingerprint density at radius 2 is 2.24 bits per heavy atom. The smallest absolute Gasteiger partial charge is 0.160 e. The summed E-state index contributed by atoms with van der Waals surface area (Å²) in [5.74, 6) is 0.802. The highest BCUT2D eigenvalue weighted by molar-refractivity contribution is 5.72. The Bertz CT molecular complexity index is 664. The Balaban J connectivity index is 2.05. The normalized spacial score (nSPS) is 10.9. The second kappa shape index (κ2) is 3.62. The minimum absolute atomic E-state index is 0.802. The lowest BCUT2D eigenvalue weighted by atomic mass is 10.3.